The summed E-state index contributed by atoms with van der Waals surface area (Å²) in [6.07, 6.45) is 3.57. The van der Waals surface area contributed by atoms with Crippen LogP contribution in [0.3, 0.4) is 0 Å². The molecule has 64 valence electrons. The van der Waals surface area contributed by atoms with Crippen LogP contribution < -0.4 is 11.1 Å². The second-order valence-electron chi connectivity index (χ2n) is 2.59. The molecule has 0 aromatic carbocycles. The molecule has 0 rings (SSSR count). The van der Waals surface area contributed by atoms with E-state index >= 15 is 0 Å². The molecule has 1 unspecified atom stereocenters. The lowest BCUT2D eigenvalue weighted by Crippen LogP contribution is -2.32. The highest BCUT2D eigenvalue weighted by molar-refractivity contribution is 4.94. The second-order valence-corrected chi connectivity index (χ2v) is 2.59. The van der Waals surface area contributed by atoms with Crippen molar-refractivity contribution in [1.82, 2.24) is 5.32 Å². The van der Waals surface area contributed by atoms with Gasteiger partial charge in [-0.2, -0.15) is 0 Å². The Balaban J connectivity index is 3.46. The lowest BCUT2D eigenvalue weighted by molar-refractivity contribution is 0.534. The van der Waals surface area contributed by atoms with Gasteiger partial charge in [-0.3, -0.25) is 0 Å². The summed E-state index contributed by atoms with van der Waals surface area (Å²) in [5, 5.41) is 3.07. The number of hydrogen-bond acceptors (Lipinski definition) is 2. The number of nitrogens with two attached hydrogens (primary N) is 1. The lowest BCUT2D eigenvalue weighted by atomic mass is 10.1. The first kappa shape index (κ1) is 10.3. The zero-order valence-corrected chi connectivity index (χ0v) is 7.48. The van der Waals surface area contributed by atoms with Crippen LogP contribution in [-0.2, 0) is 0 Å². The Labute approximate surface area is 69.5 Å². The predicted molar refractivity (Wildman–Crippen MR) is 49.0 cm³/mol. The first-order valence-corrected chi connectivity index (χ1v) is 4.22. The van der Waals surface area contributed by atoms with Gasteiger partial charge < -0.3 is 11.1 Å². The van der Waals surface area contributed by atoms with Crippen LogP contribution in [0.15, 0.2) is 0 Å². The van der Waals surface area contributed by atoms with Crippen molar-refractivity contribution < 1.29 is 0 Å². The normalized spacial score (nSPS) is 11.5. The Morgan fingerprint density at radius 2 is 2.27 bits per heavy atom. The molecule has 0 fully saturated rings. The average molecular weight is 154 g/mol. The van der Waals surface area contributed by atoms with Gasteiger partial charge in [0.25, 0.3) is 0 Å². The zero-order valence-electron chi connectivity index (χ0n) is 7.48. The van der Waals surface area contributed by atoms with Crippen LogP contribution >= 0.6 is 0 Å². The van der Waals surface area contributed by atoms with E-state index in [1.54, 1.807) is 0 Å². The van der Waals surface area contributed by atoms with E-state index in [1.165, 1.54) is 12.8 Å². The van der Waals surface area contributed by atoms with Crippen LogP contribution in [0, 0.1) is 12.0 Å². The quantitative estimate of drug-likeness (QED) is 0.459. The second kappa shape index (κ2) is 7.43. The Morgan fingerprint density at radius 3 is 2.73 bits per heavy atom. The maximum atomic E-state index is 5.52. The molecular weight excluding hydrogens is 136 g/mol. The largest absolute Gasteiger partial charge is 0.342 e. The van der Waals surface area contributed by atoms with Crippen LogP contribution in [0.2, 0.25) is 0 Å². The lowest BCUT2D eigenvalue weighted by Gasteiger charge is -2.11. The molecule has 0 saturated heterocycles. The van der Waals surface area contributed by atoms with Gasteiger partial charge in [-0.05, 0) is 13.3 Å². The molecule has 2 heteroatoms. The van der Waals surface area contributed by atoms with E-state index in [-0.39, 0.29) is 0 Å². The summed E-state index contributed by atoms with van der Waals surface area (Å²) in [5.74, 6) is 2.79. The van der Waals surface area contributed by atoms with Gasteiger partial charge in [-0.25, -0.2) is 0 Å². The van der Waals surface area contributed by atoms with Crippen LogP contribution in [0.4, 0.5) is 0 Å². The van der Waals surface area contributed by atoms with Crippen LogP contribution in [0.5, 0.6) is 0 Å². The van der Waals surface area contributed by atoms with Crippen molar-refractivity contribution in [2.45, 2.75) is 39.2 Å². The van der Waals surface area contributed by atoms with E-state index in [1.807, 2.05) is 6.92 Å². The van der Waals surface area contributed by atoms with Crippen molar-refractivity contribution in [2.24, 2.45) is 5.73 Å². The van der Waals surface area contributed by atoms with Crippen molar-refractivity contribution in [2.75, 3.05) is 6.54 Å². The predicted octanol–water partition coefficient (Wildman–Crippen LogP) is 1.07. The summed E-state index contributed by atoms with van der Waals surface area (Å²) in [4.78, 5) is 0. The van der Waals surface area contributed by atoms with Crippen molar-refractivity contribution >= 4 is 0 Å². The van der Waals surface area contributed by atoms with Gasteiger partial charge in [0.2, 0.25) is 0 Å². The highest BCUT2D eigenvalue weighted by Crippen LogP contribution is 1.97. The summed E-state index contributed by atoms with van der Waals surface area (Å²) in [7, 11) is 0. The minimum Gasteiger partial charge on any atom is -0.342 e. The molecule has 0 amide bonds. The fourth-order valence-electron chi connectivity index (χ4n) is 0.874. The zero-order chi connectivity index (χ0) is 8.53. The smallest absolute Gasteiger partial charge is 0.0463 e. The molecular formula is C9H18N2. The van der Waals surface area contributed by atoms with Crippen molar-refractivity contribution in [3.63, 3.8) is 0 Å². The van der Waals surface area contributed by atoms with Crippen molar-refractivity contribution in [1.29, 1.82) is 0 Å². The molecule has 0 aliphatic carbocycles. The summed E-state index contributed by atoms with van der Waals surface area (Å²) >= 11 is 0. The molecule has 0 radical (unpaired) electrons. The fourth-order valence-corrected chi connectivity index (χ4v) is 0.874. The molecule has 1 atom stereocenters. The van der Waals surface area contributed by atoms with Gasteiger partial charge in [-0.15, -0.1) is 0 Å². The van der Waals surface area contributed by atoms with Crippen LogP contribution in [-0.4, -0.2) is 12.6 Å². The standard InChI is InChI=1S/C9H18N2/c1-3-5-6-9(8-10)11-7-4-2/h9,11H,3,5-6,8,10H2,1-2H3. The van der Waals surface area contributed by atoms with Crippen molar-refractivity contribution in [3.05, 3.63) is 0 Å². The molecule has 11 heavy (non-hydrogen) atoms. The number of rotatable bonds is 5. The first-order valence-electron chi connectivity index (χ1n) is 4.22. The van der Waals surface area contributed by atoms with Gasteiger partial charge >= 0.3 is 0 Å². The summed E-state index contributed by atoms with van der Waals surface area (Å²) in [5.41, 5.74) is 5.52. The van der Waals surface area contributed by atoms with E-state index < -0.39 is 0 Å². The SMILES string of the molecule is CC#CNC(CN)CCCC. The third-order valence-corrected chi connectivity index (χ3v) is 1.59. The molecule has 0 spiro atoms. The summed E-state index contributed by atoms with van der Waals surface area (Å²) in [6, 6.07) is 3.21. The molecule has 0 aromatic heterocycles. The Kier molecular flexibility index (Phi) is 6.97. The number of unbranched alkanes of at least 4 members (excludes halogenated alkanes) is 1. The average Bonchev–Trinajstić information content (AvgIpc) is 2.05. The molecule has 0 aromatic rings. The summed E-state index contributed by atoms with van der Waals surface area (Å²) in [6.45, 7) is 4.67. The minimum atomic E-state index is 0.377. The Bertz CT molecular complexity index is 132. The van der Waals surface area contributed by atoms with Crippen molar-refractivity contribution in [3.8, 4) is 12.0 Å². The Morgan fingerprint density at radius 1 is 1.55 bits per heavy atom. The molecule has 0 aliphatic rings. The molecule has 0 saturated carbocycles. The van der Waals surface area contributed by atoms with Gasteiger partial charge in [0.15, 0.2) is 0 Å². The molecule has 0 aliphatic heterocycles. The molecule has 2 nitrogen and oxygen atoms in total. The van der Waals surface area contributed by atoms with E-state index in [9.17, 15) is 0 Å². The monoisotopic (exact) mass is 154 g/mol. The maximum absolute atomic E-state index is 5.52. The van der Waals surface area contributed by atoms with E-state index in [0.717, 1.165) is 6.42 Å². The van der Waals surface area contributed by atoms with E-state index in [2.05, 4.69) is 24.2 Å². The number of hydrogen-bond donors (Lipinski definition) is 2. The third kappa shape index (κ3) is 5.75. The summed E-state index contributed by atoms with van der Waals surface area (Å²) < 4.78 is 0. The van der Waals surface area contributed by atoms with Gasteiger partial charge in [0, 0.05) is 18.6 Å². The first-order chi connectivity index (χ1) is 5.35. The maximum Gasteiger partial charge on any atom is 0.0463 e. The number of nitrogens with one attached hydrogen (secondary N) is 1. The highest BCUT2D eigenvalue weighted by Gasteiger charge is 2.01. The van der Waals surface area contributed by atoms with Gasteiger partial charge in [-0.1, -0.05) is 25.7 Å². The van der Waals surface area contributed by atoms with Gasteiger partial charge in [0.1, 0.15) is 0 Å². The van der Waals surface area contributed by atoms with Crippen LogP contribution in [0.25, 0.3) is 0 Å². The topological polar surface area (TPSA) is 38.0 Å². The molecule has 3 N–H and O–H groups in total. The Hall–Kier alpha value is -0.680. The minimum absolute atomic E-state index is 0.377. The van der Waals surface area contributed by atoms with E-state index in [4.69, 9.17) is 5.73 Å². The molecule has 0 heterocycles. The van der Waals surface area contributed by atoms with E-state index in [0.29, 0.717) is 12.6 Å². The van der Waals surface area contributed by atoms with Gasteiger partial charge in [0.05, 0.1) is 0 Å². The fraction of sp³-hybridized carbons (Fsp3) is 0.778. The molecule has 0 bridgehead atoms. The highest BCUT2D eigenvalue weighted by atomic mass is 14.9. The third-order valence-electron chi connectivity index (χ3n) is 1.59. The van der Waals surface area contributed by atoms with Crippen LogP contribution in [0.1, 0.15) is 33.1 Å².